The third-order valence-electron chi connectivity index (χ3n) is 5.23. The van der Waals surface area contributed by atoms with Gasteiger partial charge in [-0.05, 0) is 36.4 Å². The molecule has 0 amide bonds. The Labute approximate surface area is 149 Å². The van der Waals surface area contributed by atoms with E-state index in [2.05, 4.69) is 99.1 Å². The zero-order valence-electron chi connectivity index (χ0n) is 15.6. The van der Waals surface area contributed by atoms with Gasteiger partial charge in [-0.25, -0.2) is 0 Å². The molecule has 0 radical (unpaired) electrons. The van der Waals surface area contributed by atoms with Crippen LogP contribution in [0.15, 0.2) is 54.6 Å². The van der Waals surface area contributed by atoms with Crippen molar-refractivity contribution in [3.8, 4) is 11.3 Å². The molecular weight excluding hydrogens is 304 g/mol. The van der Waals surface area contributed by atoms with Crippen LogP contribution in [0, 0.1) is 13.8 Å². The van der Waals surface area contributed by atoms with Gasteiger partial charge in [0.2, 0.25) is 0 Å². The first-order chi connectivity index (χ1) is 12.0. The quantitative estimate of drug-likeness (QED) is 0.459. The molecule has 126 valence electrons. The molecule has 25 heavy (non-hydrogen) atoms. The lowest BCUT2D eigenvalue weighted by Gasteiger charge is -2.17. The maximum atomic E-state index is 2.37. The molecule has 0 aliphatic rings. The van der Waals surface area contributed by atoms with E-state index in [1.165, 1.54) is 49.7 Å². The first kappa shape index (κ1) is 15.8. The zero-order chi connectivity index (χ0) is 17.7. The highest BCUT2D eigenvalue weighted by atomic mass is 15.1. The Balaban J connectivity index is 2.15. The maximum absolute atomic E-state index is 2.37. The number of hydrogen-bond acceptors (Lipinski definition) is 1. The lowest BCUT2D eigenvalue weighted by Crippen LogP contribution is -2.09. The Morgan fingerprint density at radius 2 is 1.56 bits per heavy atom. The monoisotopic (exact) mass is 328 g/mol. The summed E-state index contributed by atoms with van der Waals surface area (Å²) in [6.45, 7) is 4.37. The Morgan fingerprint density at radius 1 is 0.840 bits per heavy atom. The highest BCUT2D eigenvalue weighted by molar-refractivity contribution is 6.14. The Bertz CT molecular complexity index is 1080. The molecule has 0 bridgehead atoms. The van der Waals surface area contributed by atoms with Gasteiger partial charge in [0, 0.05) is 37.6 Å². The number of nitrogens with zero attached hydrogens (tertiary/aromatic N) is 2. The standard InChI is InChI=1S/C23H24N2/c1-15-9-11-18(12-10-15)22-16(2)19-14-13-17-7-6-8-20(24(3)4)21(17)23(19)25(22)5/h6-14H,1-5H3. The number of rotatable bonds is 2. The first-order valence-corrected chi connectivity index (χ1v) is 8.74. The van der Waals surface area contributed by atoms with Crippen molar-refractivity contribution in [2.75, 3.05) is 19.0 Å². The average Bonchev–Trinajstić information content (AvgIpc) is 2.86. The highest BCUT2D eigenvalue weighted by Gasteiger charge is 2.17. The van der Waals surface area contributed by atoms with Gasteiger partial charge < -0.3 is 9.47 Å². The Hall–Kier alpha value is -2.74. The topological polar surface area (TPSA) is 8.17 Å². The van der Waals surface area contributed by atoms with Crippen LogP contribution < -0.4 is 4.90 Å². The Kier molecular flexibility index (Phi) is 3.57. The average molecular weight is 328 g/mol. The van der Waals surface area contributed by atoms with Gasteiger partial charge in [0.1, 0.15) is 0 Å². The number of anilines is 1. The van der Waals surface area contributed by atoms with E-state index in [0.29, 0.717) is 0 Å². The van der Waals surface area contributed by atoms with Crippen LogP contribution in [0.2, 0.25) is 0 Å². The summed E-state index contributed by atoms with van der Waals surface area (Å²) in [6, 6.07) is 19.9. The third kappa shape index (κ3) is 2.32. The van der Waals surface area contributed by atoms with E-state index < -0.39 is 0 Å². The van der Waals surface area contributed by atoms with E-state index in [-0.39, 0.29) is 0 Å². The molecule has 1 heterocycles. The summed E-state index contributed by atoms with van der Waals surface area (Å²) in [5.41, 5.74) is 7.79. The van der Waals surface area contributed by atoms with Crippen LogP contribution in [-0.4, -0.2) is 18.7 Å². The van der Waals surface area contributed by atoms with Crippen LogP contribution in [0.1, 0.15) is 11.1 Å². The van der Waals surface area contributed by atoms with Crippen molar-refractivity contribution >= 4 is 27.4 Å². The summed E-state index contributed by atoms with van der Waals surface area (Å²) < 4.78 is 2.37. The van der Waals surface area contributed by atoms with Gasteiger partial charge in [0.05, 0.1) is 11.2 Å². The number of fused-ring (bicyclic) bond motifs is 3. The molecule has 0 fully saturated rings. The van der Waals surface area contributed by atoms with E-state index >= 15 is 0 Å². The molecule has 1 aromatic heterocycles. The van der Waals surface area contributed by atoms with Crippen molar-refractivity contribution in [2.24, 2.45) is 7.05 Å². The van der Waals surface area contributed by atoms with Crippen LogP contribution in [-0.2, 0) is 7.05 Å². The largest absolute Gasteiger partial charge is 0.377 e. The van der Waals surface area contributed by atoms with E-state index in [0.717, 1.165) is 0 Å². The van der Waals surface area contributed by atoms with Gasteiger partial charge >= 0.3 is 0 Å². The van der Waals surface area contributed by atoms with E-state index in [1.54, 1.807) is 0 Å². The molecule has 4 rings (SSSR count). The van der Waals surface area contributed by atoms with Crippen molar-refractivity contribution < 1.29 is 0 Å². The summed E-state index contributed by atoms with van der Waals surface area (Å²) in [5.74, 6) is 0. The minimum absolute atomic E-state index is 1.26. The second-order valence-corrected chi connectivity index (χ2v) is 7.13. The zero-order valence-corrected chi connectivity index (χ0v) is 15.6. The fourth-order valence-corrected chi connectivity index (χ4v) is 3.98. The smallest absolute Gasteiger partial charge is 0.0586 e. The van der Waals surface area contributed by atoms with Crippen LogP contribution >= 0.6 is 0 Å². The number of aryl methyl sites for hydroxylation is 3. The van der Waals surface area contributed by atoms with Gasteiger partial charge in [-0.3, -0.25) is 0 Å². The molecule has 0 atom stereocenters. The second-order valence-electron chi connectivity index (χ2n) is 7.13. The van der Waals surface area contributed by atoms with E-state index in [9.17, 15) is 0 Å². The SMILES string of the molecule is Cc1ccc(-c2c(C)c3ccc4cccc(N(C)C)c4c3n2C)cc1. The summed E-state index contributed by atoms with van der Waals surface area (Å²) in [4.78, 5) is 2.20. The molecule has 4 aromatic rings. The van der Waals surface area contributed by atoms with Crippen LogP contribution in [0.25, 0.3) is 32.9 Å². The summed E-state index contributed by atoms with van der Waals surface area (Å²) in [7, 11) is 6.42. The van der Waals surface area contributed by atoms with Gasteiger partial charge in [-0.2, -0.15) is 0 Å². The van der Waals surface area contributed by atoms with Gasteiger partial charge in [0.15, 0.2) is 0 Å². The van der Waals surface area contributed by atoms with Crippen molar-refractivity contribution in [2.45, 2.75) is 13.8 Å². The van der Waals surface area contributed by atoms with Gasteiger partial charge in [-0.15, -0.1) is 0 Å². The number of aromatic nitrogens is 1. The van der Waals surface area contributed by atoms with Crippen molar-refractivity contribution in [1.82, 2.24) is 4.57 Å². The molecular formula is C23H24N2. The minimum atomic E-state index is 1.26. The highest BCUT2D eigenvalue weighted by Crippen LogP contribution is 2.39. The predicted molar refractivity (Wildman–Crippen MR) is 110 cm³/mol. The first-order valence-electron chi connectivity index (χ1n) is 8.74. The molecule has 3 aromatic carbocycles. The lowest BCUT2D eigenvalue weighted by atomic mass is 10.0. The normalized spacial score (nSPS) is 11.4. The molecule has 0 N–H and O–H groups in total. The maximum Gasteiger partial charge on any atom is 0.0586 e. The third-order valence-corrected chi connectivity index (χ3v) is 5.23. The molecule has 0 saturated heterocycles. The minimum Gasteiger partial charge on any atom is -0.377 e. The van der Waals surface area contributed by atoms with Crippen LogP contribution in [0.5, 0.6) is 0 Å². The summed E-state index contributed by atoms with van der Waals surface area (Å²) in [6.07, 6.45) is 0. The van der Waals surface area contributed by atoms with Crippen LogP contribution in [0.4, 0.5) is 5.69 Å². The summed E-state index contributed by atoms with van der Waals surface area (Å²) >= 11 is 0. The molecule has 2 heteroatoms. The fraction of sp³-hybridized carbons (Fsp3) is 0.217. The van der Waals surface area contributed by atoms with Crippen molar-refractivity contribution in [3.05, 3.63) is 65.7 Å². The van der Waals surface area contributed by atoms with E-state index in [4.69, 9.17) is 0 Å². The fourth-order valence-electron chi connectivity index (χ4n) is 3.98. The number of hydrogen-bond donors (Lipinski definition) is 0. The van der Waals surface area contributed by atoms with Gasteiger partial charge in [0.25, 0.3) is 0 Å². The van der Waals surface area contributed by atoms with Crippen molar-refractivity contribution in [3.63, 3.8) is 0 Å². The van der Waals surface area contributed by atoms with E-state index in [1.807, 2.05) is 0 Å². The van der Waals surface area contributed by atoms with Crippen molar-refractivity contribution in [1.29, 1.82) is 0 Å². The molecule has 0 unspecified atom stereocenters. The number of benzene rings is 3. The van der Waals surface area contributed by atoms with Crippen LogP contribution in [0.3, 0.4) is 0 Å². The Morgan fingerprint density at radius 3 is 2.24 bits per heavy atom. The second kappa shape index (κ2) is 5.66. The molecule has 0 aliphatic carbocycles. The molecule has 0 saturated carbocycles. The molecule has 2 nitrogen and oxygen atoms in total. The van der Waals surface area contributed by atoms with Gasteiger partial charge in [-0.1, -0.05) is 54.1 Å². The molecule has 0 aliphatic heterocycles. The molecule has 0 spiro atoms. The summed E-state index contributed by atoms with van der Waals surface area (Å²) in [5, 5.41) is 3.95. The lowest BCUT2D eigenvalue weighted by molar-refractivity contribution is 0.976. The predicted octanol–water partition coefficient (Wildman–Crippen LogP) is 5.68.